The fourth-order valence-corrected chi connectivity index (χ4v) is 2.26. The molecule has 2 rings (SSSR count). The first-order valence-electron chi connectivity index (χ1n) is 7.47. The van der Waals surface area contributed by atoms with Crippen LogP contribution in [0.4, 0.5) is 0 Å². The number of ether oxygens (including phenoxy) is 1. The zero-order valence-corrected chi connectivity index (χ0v) is 13.3. The first kappa shape index (κ1) is 15.4. The van der Waals surface area contributed by atoms with Crippen molar-refractivity contribution in [1.29, 1.82) is 0 Å². The lowest BCUT2D eigenvalue weighted by atomic mass is 10.0. The first-order valence-corrected chi connectivity index (χ1v) is 7.47. The van der Waals surface area contributed by atoms with Gasteiger partial charge in [0.15, 0.2) is 0 Å². The van der Waals surface area contributed by atoms with Gasteiger partial charge in [-0.15, -0.1) is 0 Å². The highest BCUT2D eigenvalue weighted by Crippen LogP contribution is 2.23. The van der Waals surface area contributed by atoms with Crippen molar-refractivity contribution in [3.63, 3.8) is 0 Å². The number of aromatic nitrogens is 1. The number of fused-ring (bicyclic) bond motifs is 1. The van der Waals surface area contributed by atoms with E-state index in [0.717, 1.165) is 24.1 Å². The highest BCUT2D eigenvalue weighted by molar-refractivity contribution is 5.83. The molecule has 0 amide bonds. The summed E-state index contributed by atoms with van der Waals surface area (Å²) in [6.07, 6.45) is 6.04. The van der Waals surface area contributed by atoms with E-state index in [-0.39, 0.29) is 0 Å². The third kappa shape index (κ3) is 3.97. The van der Waals surface area contributed by atoms with E-state index in [2.05, 4.69) is 49.4 Å². The lowest BCUT2D eigenvalue weighted by Crippen LogP contribution is -2.23. The van der Waals surface area contributed by atoms with Crippen molar-refractivity contribution in [2.24, 2.45) is 0 Å². The van der Waals surface area contributed by atoms with Crippen LogP contribution in [-0.2, 0) is 6.42 Å². The van der Waals surface area contributed by atoms with E-state index in [1.54, 1.807) is 7.11 Å². The maximum absolute atomic E-state index is 5.32. The van der Waals surface area contributed by atoms with Gasteiger partial charge >= 0.3 is 0 Å². The molecule has 0 aliphatic heterocycles. The summed E-state index contributed by atoms with van der Waals surface area (Å²) in [6, 6.07) is 8.50. The molecule has 0 saturated carbocycles. The molecule has 1 N–H and O–H groups in total. The number of nitrogens with one attached hydrogen (secondary N) is 1. The van der Waals surface area contributed by atoms with Crippen LogP contribution < -0.4 is 10.1 Å². The average molecular weight is 284 g/mol. The van der Waals surface area contributed by atoms with Gasteiger partial charge in [-0.1, -0.05) is 12.5 Å². The fraction of sp³-hybridized carbons (Fsp3) is 0.389. The molecule has 2 aromatic rings. The van der Waals surface area contributed by atoms with Crippen LogP contribution in [-0.4, -0.2) is 18.1 Å². The number of hydrogen-bond donors (Lipinski definition) is 1. The molecule has 3 heteroatoms. The van der Waals surface area contributed by atoms with Crippen LogP contribution in [0.1, 0.15) is 32.8 Å². The lowest BCUT2D eigenvalue weighted by Gasteiger charge is -2.14. The van der Waals surface area contributed by atoms with Gasteiger partial charge in [0.1, 0.15) is 5.75 Å². The predicted octanol–water partition coefficient (Wildman–Crippen LogP) is 4.08. The van der Waals surface area contributed by atoms with Crippen molar-refractivity contribution in [2.45, 2.75) is 39.7 Å². The molecule has 0 unspecified atom stereocenters. The molecular formula is C18H24N2O. The normalized spacial score (nSPS) is 13.2. The second-order valence-corrected chi connectivity index (χ2v) is 5.47. The van der Waals surface area contributed by atoms with Crippen LogP contribution in [0.2, 0.25) is 0 Å². The second-order valence-electron chi connectivity index (χ2n) is 5.47. The number of allylic oxidation sites excluding steroid dienone is 1. The molecular weight excluding hydrogens is 260 g/mol. The molecule has 0 saturated heterocycles. The number of pyridine rings is 1. The molecule has 0 aliphatic carbocycles. The molecule has 1 aromatic heterocycles. The SMILES string of the molecule is CC/C(C)=C\N[C@@H](C)Cc1ccnc2ccc(OC)cc12. The van der Waals surface area contributed by atoms with Crippen molar-refractivity contribution in [2.75, 3.05) is 7.11 Å². The Bertz CT molecular complexity index is 634. The molecule has 0 radical (unpaired) electrons. The van der Waals surface area contributed by atoms with E-state index in [0.29, 0.717) is 6.04 Å². The number of rotatable bonds is 6. The molecule has 0 aliphatic rings. The monoisotopic (exact) mass is 284 g/mol. The van der Waals surface area contributed by atoms with E-state index in [1.807, 2.05) is 18.3 Å². The molecule has 0 fully saturated rings. The molecule has 0 spiro atoms. The highest BCUT2D eigenvalue weighted by Gasteiger charge is 2.07. The first-order chi connectivity index (χ1) is 10.1. The summed E-state index contributed by atoms with van der Waals surface area (Å²) < 4.78 is 5.32. The predicted molar refractivity (Wildman–Crippen MR) is 88.6 cm³/mol. The van der Waals surface area contributed by atoms with Gasteiger partial charge in [0, 0.05) is 17.6 Å². The zero-order chi connectivity index (χ0) is 15.2. The lowest BCUT2D eigenvalue weighted by molar-refractivity contribution is 0.415. The minimum Gasteiger partial charge on any atom is -0.497 e. The van der Waals surface area contributed by atoms with Gasteiger partial charge in [-0.2, -0.15) is 0 Å². The van der Waals surface area contributed by atoms with Gasteiger partial charge in [-0.3, -0.25) is 4.98 Å². The van der Waals surface area contributed by atoms with E-state index < -0.39 is 0 Å². The van der Waals surface area contributed by atoms with Gasteiger partial charge < -0.3 is 10.1 Å². The highest BCUT2D eigenvalue weighted by atomic mass is 16.5. The Labute approximate surface area is 127 Å². The van der Waals surface area contributed by atoms with Crippen LogP contribution >= 0.6 is 0 Å². The van der Waals surface area contributed by atoms with Crippen LogP contribution in [0, 0.1) is 0 Å². The van der Waals surface area contributed by atoms with Crippen molar-refractivity contribution in [3.05, 3.63) is 47.8 Å². The molecule has 3 nitrogen and oxygen atoms in total. The minimum atomic E-state index is 0.378. The van der Waals surface area contributed by atoms with Crippen molar-refractivity contribution < 1.29 is 4.74 Å². The van der Waals surface area contributed by atoms with Crippen LogP contribution in [0.3, 0.4) is 0 Å². The van der Waals surface area contributed by atoms with Crippen molar-refractivity contribution >= 4 is 10.9 Å². The number of benzene rings is 1. The van der Waals surface area contributed by atoms with Crippen LogP contribution in [0.15, 0.2) is 42.2 Å². The topological polar surface area (TPSA) is 34.2 Å². The molecule has 112 valence electrons. The molecule has 21 heavy (non-hydrogen) atoms. The Morgan fingerprint density at radius 2 is 2.19 bits per heavy atom. The maximum atomic E-state index is 5.32. The Kier molecular flexibility index (Phi) is 5.20. The van der Waals surface area contributed by atoms with Crippen LogP contribution in [0.25, 0.3) is 10.9 Å². The van der Waals surface area contributed by atoms with Gasteiger partial charge in [-0.25, -0.2) is 0 Å². The van der Waals surface area contributed by atoms with Crippen molar-refractivity contribution in [3.8, 4) is 5.75 Å². The molecule has 1 atom stereocenters. The fourth-order valence-electron chi connectivity index (χ4n) is 2.26. The zero-order valence-electron chi connectivity index (χ0n) is 13.3. The number of nitrogens with zero attached hydrogens (tertiary/aromatic N) is 1. The van der Waals surface area contributed by atoms with E-state index in [9.17, 15) is 0 Å². The Morgan fingerprint density at radius 1 is 1.38 bits per heavy atom. The van der Waals surface area contributed by atoms with E-state index in [4.69, 9.17) is 4.74 Å². The quantitative estimate of drug-likeness (QED) is 0.868. The molecule has 0 bridgehead atoms. The molecule has 1 aromatic carbocycles. The van der Waals surface area contributed by atoms with Gasteiger partial charge in [0.05, 0.1) is 12.6 Å². The third-order valence-corrected chi connectivity index (χ3v) is 3.74. The summed E-state index contributed by atoms with van der Waals surface area (Å²) in [6.45, 7) is 6.51. The average Bonchev–Trinajstić information content (AvgIpc) is 2.52. The van der Waals surface area contributed by atoms with E-state index >= 15 is 0 Å². The third-order valence-electron chi connectivity index (χ3n) is 3.74. The minimum absolute atomic E-state index is 0.378. The summed E-state index contributed by atoms with van der Waals surface area (Å²) >= 11 is 0. The van der Waals surface area contributed by atoms with Gasteiger partial charge in [0.25, 0.3) is 0 Å². The second kappa shape index (κ2) is 7.11. The summed E-state index contributed by atoms with van der Waals surface area (Å²) in [5.74, 6) is 0.874. The Hall–Kier alpha value is -2.03. The van der Waals surface area contributed by atoms with Crippen molar-refractivity contribution in [1.82, 2.24) is 10.3 Å². The summed E-state index contributed by atoms with van der Waals surface area (Å²) in [5, 5.41) is 4.63. The Morgan fingerprint density at radius 3 is 2.90 bits per heavy atom. The molecule has 1 heterocycles. The standard InChI is InChI=1S/C18H24N2O/c1-5-13(2)12-20-14(3)10-15-8-9-19-18-7-6-16(21-4)11-17(15)18/h6-9,11-12,14,20H,5,10H2,1-4H3/b13-12-/t14-/m0/s1. The summed E-state index contributed by atoms with van der Waals surface area (Å²) in [7, 11) is 1.69. The smallest absolute Gasteiger partial charge is 0.119 e. The van der Waals surface area contributed by atoms with E-state index in [1.165, 1.54) is 16.5 Å². The van der Waals surface area contributed by atoms with Crippen LogP contribution in [0.5, 0.6) is 5.75 Å². The maximum Gasteiger partial charge on any atom is 0.119 e. The number of methoxy groups -OCH3 is 1. The van der Waals surface area contributed by atoms with Gasteiger partial charge in [0.2, 0.25) is 0 Å². The summed E-state index contributed by atoms with van der Waals surface area (Å²) in [4.78, 5) is 4.42. The number of hydrogen-bond acceptors (Lipinski definition) is 3. The largest absolute Gasteiger partial charge is 0.497 e. The summed E-state index contributed by atoms with van der Waals surface area (Å²) in [5.41, 5.74) is 3.67. The Balaban J connectivity index is 2.21. The van der Waals surface area contributed by atoms with Gasteiger partial charge in [-0.05, 0) is 62.7 Å².